The molecule has 1 amide bonds. The number of benzene rings is 2. The number of ether oxygens (including phenoxy) is 1. The van der Waals surface area contributed by atoms with E-state index in [0.29, 0.717) is 18.5 Å². The zero-order valence-corrected chi connectivity index (χ0v) is 13.9. The van der Waals surface area contributed by atoms with Crippen molar-refractivity contribution < 1.29 is 9.53 Å². The SMILES string of the molecule is COc1ccccc1CNC(=O)CCn1ncc(=O)c2ccccc21. The molecule has 1 heterocycles. The summed E-state index contributed by atoms with van der Waals surface area (Å²) in [6.07, 6.45) is 1.56. The number of amides is 1. The summed E-state index contributed by atoms with van der Waals surface area (Å²) in [6, 6.07) is 14.8. The van der Waals surface area contributed by atoms with Crippen LogP contribution in [0.1, 0.15) is 12.0 Å². The second-order valence-electron chi connectivity index (χ2n) is 5.59. The van der Waals surface area contributed by atoms with Crippen molar-refractivity contribution in [2.45, 2.75) is 19.5 Å². The number of hydrogen-bond acceptors (Lipinski definition) is 4. The molecule has 0 fully saturated rings. The summed E-state index contributed by atoms with van der Waals surface area (Å²) in [5.74, 6) is 0.659. The largest absolute Gasteiger partial charge is 0.496 e. The summed E-state index contributed by atoms with van der Waals surface area (Å²) >= 11 is 0. The van der Waals surface area contributed by atoms with Crippen LogP contribution in [0, 0.1) is 0 Å². The molecule has 0 atom stereocenters. The smallest absolute Gasteiger partial charge is 0.222 e. The van der Waals surface area contributed by atoms with E-state index in [1.165, 1.54) is 6.20 Å². The monoisotopic (exact) mass is 337 g/mol. The second-order valence-corrected chi connectivity index (χ2v) is 5.59. The molecule has 0 spiro atoms. The van der Waals surface area contributed by atoms with Crippen molar-refractivity contribution in [2.24, 2.45) is 0 Å². The van der Waals surface area contributed by atoms with E-state index < -0.39 is 0 Å². The number of fused-ring (bicyclic) bond motifs is 1. The highest BCUT2D eigenvalue weighted by Crippen LogP contribution is 2.16. The number of methoxy groups -OCH3 is 1. The molecular weight excluding hydrogens is 318 g/mol. The lowest BCUT2D eigenvalue weighted by Crippen LogP contribution is -2.25. The number of aryl methyl sites for hydroxylation is 1. The van der Waals surface area contributed by atoms with Gasteiger partial charge < -0.3 is 10.1 Å². The van der Waals surface area contributed by atoms with Crippen molar-refractivity contribution in [3.8, 4) is 5.75 Å². The molecular formula is C19H19N3O3. The van der Waals surface area contributed by atoms with Crippen molar-refractivity contribution >= 4 is 16.8 Å². The van der Waals surface area contributed by atoms with Gasteiger partial charge in [-0.3, -0.25) is 14.3 Å². The van der Waals surface area contributed by atoms with Crippen molar-refractivity contribution in [3.63, 3.8) is 0 Å². The summed E-state index contributed by atoms with van der Waals surface area (Å²) in [5.41, 5.74) is 1.53. The number of rotatable bonds is 6. The average molecular weight is 337 g/mol. The van der Waals surface area contributed by atoms with Crippen LogP contribution in [0.25, 0.3) is 10.9 Å². The number of hydrogen-bond donors (Lipinski definition) is 1. The summed E-state index contributed by atoms with van der Waals surface area (Å²) in [6.45, 7) is 0.805. The van der Waals surface area contributed by atoms with Crippen molar-refractivity contribution in [1.82, 2.24) is 15.1 Å². The van der Waals surface area contributed by atoms with Crippen LogP contribution < -0.4 is 15.5 Å². The first kappa shape index (κ1) is 16.7. The van der Waals surface area contributed by atoms with Crippen molar-refractivity contribution in [2.75, 3.05) is 7.11 Å². The lowest BCUT2D eigenvalue weighted by molar-refractivity contribution is -0.121. The molecule has 1 aromatic heterocycles. The predicted molar refractivity (Wildman–Crippen MR) is 95.5 cm³/mol. The molecule has 6 nitrogen and oxygen atoms in total. The van der Waals surface area contributed by atoms with Gasteiger partial charge in [0.2, 0.25) is 11.3 Å². The average Bonchev–Trinajstić information content (AvgIpc) is 2.66. The van der Waals surface area contributed by atoms with Crippen LogP contribution in [-0.4, -0.2) is 22.8 Å². The Labute approximate surface area is 145 Å². The number of carbonyl (C=O) groups is 1. The molecule has 0 aliphatic heterocycles. The van der Waals surface area contributed by atoms with Crippen LogP contribution in [-0.2, 0) is 17.9 Å². The molecule has 3 rings (SSSR count). The van der Waals surface area contributed by atoms with Gasteiger partial charge in [-0.05, 0) is 18.2 Å². The number of nitrogens with one attached hydrogen (secondary N) is 1. The quantitative estimate of drug-likeness (QED) is 0.748. The highest BCUT2D eigenvalue weighted by atomic mass is 16.5. The Morgan fingerprint density at radius 2 is 1.92 bits per heavy atom. The van der Waals surface area contributed by atoms with E-state index in [0.717, 1.165) is 16.8 Å². The number of para-hydroxylation sites is 2. The Kier molecular flexibility index (Phi) is 5.09. The molecule has 1 N–H and O–H groups in total. The first-order chi connectivity index (χ1) is 12.2. The molecule has 25 heavy (non-hydrogen) atoms. The van der Waals surface area contributed by atoms with E-state index in [1.807, 2.05) is 42.5 Å². The second kappa shape index (κ2) is 7.61. The fourth-order valence-electron chi connectivity index (χ4n) is 2.68. The highest BCUT2D eigenvalue weighted by molar-refractivity contribution is 5.79. The van der Waals surface area contributed by atoms with E-state index >= 15 is 0 Å². The fraction of sp³-hybridized carbons (Fsp3) is 0.211. The Hall–Kier alpha value is -3.15. The van der Waals surface area contributed by atoms with Crippen LogP contribution in [0.2, 0.25) is 0 Å². The maximum atomic E-state index is 12.1. The fourth-order valence-corrected chi connectivity index (χ4v) is 2.68. The molecule has 2 aromatic carbocycles. The zero-order valence-electron chi connectivity index (χ0n) is 13.9. The Morgan fingerprint density at radius 1 is 1.16 bits per heavy atom. The van der Waals surface area contributed by atoms with Gasteiger partial charge in [0.15, 0.2) is 0 Å². The highest BCUT2D eigenvalue weighted by Gasteiger charge is 2.08. The number of nitrogens with zero attached hydrogens (tertiary/aromatic N) is 2. The normalized spacial score (nSPS) is 10.6. The minimum atomic E-state index is -0.118. The molecule has 0 aliphatic rings. The molecule has 6 heteroatoms. The van der Waals surface area contributed by atoms with Gasteiger partial charge in [0.25, 0.3) is 0 Å². The van der Waals surface area contributed by atoms with Crippen molar-refractivity contribution in [1.29, 1.82) is 0 Å². The lowest BCUT2D eigenvalue weighted by Gasteiger charge is -2.11. The third-order valence-corrected chi connectivity index (χ3v) is 3.98. The summed E-state index contributed by atoms with van der Waals surface area (Å²) in [7, 11) is 1.60. The molecule has 128 valence electrons. The standard InChI is InChI=1S/C19H19N3O3/c1-25-18-9-5-2-6-14(18)12-20-19(24)10-11-22-16-8-4-3-7-15(16)17(23)13-21-22/h2-9,13H,10-12H2,1H3,(H,20,24). The summed E-state index contributed by atoms with van der Waals surface area (Å²) < 4.78 is 6.95. The van der Waals surface area contributed by atoms with Crippen LogP contribution in [0.15, 0.2) is 59.5 Å². The van der Waals surface area contributed by atoms with E-state index in [-0.39, 0.29) is 17.8 Å². The molecule has 0 aliphatic carbocycles. The maximum Gasteiger partial charge on any atom is 0.222 e. The predicted octanol–water partition coefficient (Wildman–Crippen LogP) is 2.11. The van der Waals surface area contributed by atoms with Gasteiger partial charge in [-0.2, -0.15) is 5.10 Å². The van der Waals surface area contributed by atoms with Crippen molar-refractivity contribution in [3.05, 3.63) is 70.5 Å². The zero-order chi connectivity index (χ0) is 17.6. The van der Waals surface area contributed by atoms with E-state index in [9.17, 15) is 9.59 Å². The van der Waals surface area contributed by atoms with Crippen LogP contribution >= 0.6 is 0 Å². The van der Waals surface area contributed by atoms with Gasteiger partial charge in [0, 0.05) is 23.9 Å². The maximum absolute atomic E-state index is 12.1. The van der Waals surface area contributed by atoms with Crippen LogP contribution in [0.5, 0.6) is 5.75 Å². The molecule has 0 bridgehead atoms. The third-order valence-electron chi connectivity index (χ3n) is 3.98. The molecule has 3 aromatic rings. The van der Waals surface area contributed by atoms with Gasteiger partial charge in [-0.15, -0.1) is 0 Å². The Morgan fingerprint density at radius 3 is 2.76 bits per heavy atom. The minimum Gasteiger partial charge on any atom is -0.496 e. The van der Waals surface area contributed by atoms with Crippen LogP contribution in [0.4, 0.5) is 0 Å². The summed E-state index contributed by atoms with van der Waals surface area (Å²) in [5, 5.41) is 7.61. The summed E-state index contributed by atoms with van der Waals surface area (Å²) in [4.78, 5) is 24.0. The minimum absolute atomic E-state index is 0.0875. The van der Waals surface area contributed by atoms with E-state index in [4.69, 9.17) is 4.74 Å². The number of carbonyl (C=O) groups excluding carboxylic acids is 1. The Balaban J connectivity index is 1.63. The molecule has 0 radical (unpaired) electrons. The van der Waals surface area contributed by atoms with E-state index in [2.05, 4.69) is 10.4 Å². The van der Waals surface area contributed by atoms with Crippen LogP contribution in [0.3, 0.4) is 0 Å². The van der Waals surface area contributed by atoms with Gasteiger partial charge in [0.1, 0.15) is 5.75 Å². The van der Waals surface area contributed by atoms with E-state index in [1.54, 1.807) is 17.9 Å². The first-order valence-electron chi connectivity index (χ1n) is 8.02. The van der Waals surface area contributed by atoms with Gasteiger partial charge in [0.05, 0.1) is 25.4 Å². The number of aromatic nitrogens is 2. The van der Waals surface area contributed by atoms with Gasteiger partial charge in [-0.1, -0.05) is 30.3 Å². The third kappa shape index (κ3) is 3.85. The first-order valence-corrected chi connectivity index (χ1v) is 8.02. The van der Waals surface area contributed by atoms with Gasteiger partial charge in [-0.25, -0.2) is 0 Å². The Bertz CT molecular complexity index is 950. The van der Waals surface area contributed by atoms with Gasteiger partial charge >= 0.3 is 0 Å². The molecule has 0 saturated carbocycles. The molecule has 0 unspecified atom stereocenters. The lowest BCUT2D eigenvalue weighted by atomic mass is 10.2. The topological polar surface area (TPSA) is 73.2 Å². The molecule has 0 saturated heterocycles.